The van der Waals surface area contributed by atoms with Crippen LogP contribution in [0.5, 0.6) is 23.0 Å². The Hall–Kier alpha value is -3.04. The zero-order valence-electron chi connectivity index (χ0n) is 18.9. The molecule has 1 atom stereocenters. The first-order valence-corrected chi connectivity index (χ1v) is 10.7. The van der Waals surface area contributed by atoms with Crippen LogP contribution in [0.4, 0.5) is 11.4 Å². The van der Waals surface area contributed by atoms with Crippen molar-refractivity contribution in [2.24, 2.45) is 10.2 Å². The number of azo groups is 1. The molecule has 0 spiro atoms. The van der Waals surface area contributed by atoms with E-state index in [1.807, 2.05) is 6.92 Å². The van der Waals surface area contributed by atoms with Crippen molar-refractivity contribution < 1.29 is 28.5 Å². The molecule has 0 fully saturated rings. The molecule has 178 valence electrons. The number of rotatable bonds is 11. The summed E-state index contributed by atoms with van der Waals surface area (Å²) in [5, 5.41) is 11.1. The fraction of sp³-hybridized carbons (Fsp3) is 0.364. The van der Waals surface area contributed by atoms with Crippen LogP contribution in [-0.2, 0) is 9.59 Å². The number of ether oxygens (including phenoxy) is 4. The van der Waals surface area contributed by atoms with E-state index in [9.17, 15) is 9.59 Å². The number of hydrogen-bond acceptors (Lipinski definition) is 8. The van der Waals surface area contributed by atoms with Gasteiger partial charge in [-0.1, -0.05) is 23.2 Å². The minimum atomic E-state index is -1.43. The van der Waals surface area contributed by atoms with Crippen molar-refractivity contribution in [3.63, 3.8) is 0 Å². The van der Waals surface area contributed by atoms with Gasteiger partial charge < -0.3 is 24.3 Å². The van der Waals surface area contributed by atoms with E-state index in [-0.39, 0.29) is 27.2 Å². The Bertz CT molecular complexity index is 1050. The van der Waals surface area contributed by atoms with Gasteiger partial charge in [-0.05, 0) is 39.0 Å². The van der Waals surface area contributed by atoms with Gasteiger partial charge in [0.1, 0.15) is 28.0 Å². The van der Waals surface area contributed by atoms with E-state index in [2.05, 4.69) is 15.5 Å². The molecule has 0 aliphatic heterocycles. The normalized spacial score (nSPS) is 11.7. The molecule has 0 radical (unpaired) electrons. The predicted molar refractivity (Wildman–Crippen MR) is 126 cm³/mol. The molecule has 0 saturated carbocycles. The molecule has 0 aliphatic rings. The van der Waals surface area contributed by atoms with Crippen molar-refractivity contribution >= 4 is 46.3 Å². The van der Waals surface area contributed by atoms with Crippen molar-refractivity contribution in [3.8, 4) is 23.0 Å². The maximum absolute atomic E-state index is 12.8. The fourth-order valence-electron chi connectivity index (χ4n) is 2.75. The molecule has 0 aliphatic carbocycles. The number of carbonyl (C=O) groups excluding carboxylic acids is 2. The van der Waals surface area contributed by atoms with Gasteiger partial charge in [-0.25, -0.2) is 0 Å². The number of methoxy groups -OCH3 is 2. The van der Waals surface area contributed by atoms with Crippen LogP contribution in [0, 0.1) is 0 Å². The monoisotopic (exact) mass is 497 g/mol. The molecule has 11 heteroatoms. The predicted octanol–water partition coefficient (Wildman–Crippen LogP) is 5.49. The lowest BCUT2D eigenvalue weighted by molar-refractivity contribution is -0.126. The van der Waals surface area contributed by atoms with Crippen molar-refractivity contribution in [2.45, 2.75) is 26.8 Å². The third-order valence-electron chi connectivity index (χ3n) is 4.28. The van der Waals surface area contributed by atoms with Gasteiger partial charge >= 0.3 is 0 Å². The quantitative estimate of drug-likeness (QED) is 0.324. The summed E-state index contributed by atoms with van der Waals surface area (Å²) < 4.78 is 21.4. The molecule has 0 aromatic heterocycles. The van der Waals surface area contributed by atoms with Gasteiger partial charge in [-0.2, -0.15) is 10.2 Å². The van der Waals surface area contributed by atoms with Crippen LogP contribution >= 0.6 is 23.2 Å². The van der Waals surface area contributed by atoms with E-state index in [0.29, 0.717) is 30.5 Å². The van der Waals surface area contributed by atoms with E-state index in [0.717, 1.165) is 0 Å². The number of amides is 1. The summed E-state index contributed by atoms with van der Waals surface area (Å²) in [6, 6.07) is 4.71. The third kappa shape index (κ3) is 6.49. The summed E-state index contributed by atoms with van der Waals surface area (Å²) in [4.78, 5) is 25.0. The summed E-state index contributed by atoms with van der Waals surface area (Å²) in [5.41, 5.74) is 0.489. The first-order valence-electron chi connectivity index (χ1n) is 9.99. The summed E-state index contributed by atoms with van der Waals surface area (Å²) in [6.07, 6.45) is 0. The Labute approximate surface area is 202 Å². The highest BCUT2D eigenvalue weighted by atomic mass is 35.5. The Morgan fingerprint density at radius 2 is 1.67 bits per heavy atom. The molecule has 33 heavy (non-hydrogen) atoms. The molecular formula is C22H25Cl2N3O6. The van der Waals surface area contributed by atoms with Gasteiger partial charge in [0.2, 0.25) is 6.04 Å². The average Bonchev–Trinajstić information content (AvgIpc) is 2.78. The number of hydrogen-bond donors (Lipinski definition) is 1. The lowest BCUT2D eigenvalue weighted by atomic mass is 10.2. The second-order valence-electron chi connectivity index (χ2n) is 6.50. The molecule has 1 amide bonds. The number of halogens is 2. The second-order valence-corrected chi connectivity index (χ2v) is 7.28. The minimum Gasteiger partial charge on any atom is -0.495 e. The minimum absolute atomic E-state index is 0.219. The number of anilines is 1. The topological polar surface area (TPSA) is 108 Å². The van der Waals surface area contributed by atoms with E-state index in [1.54, 1.807) is 19.1 Å². The lowest BCUT2D eigenvalue weighted by Gasteiger charge is -2.15. The van der Waals surface area contributed by atoms with Crippen LogP contribution in [0.1, 0.15) is 20.8 Å². The Kier molecular flexibility index (Phi) is 9.74. The molecule has 2 aromatic carbocycles. The van der Waals surface area contributed by atoms with Gasteiger partial charge in [-0.3, -0.25) is 9.59 Å². The van der Waals surface area contributed by atoms with Crippen molar-refractivity contribution in [1.82, 2.24) is 0 Å². The fourth-order valence-corrected chi connectivity index (χ4v) is 3.26. The Morgan fingerprint density at radius 3 is 2.24 bits per heavy atom. The number of ketones is 1. The molecule has 0 heterocycles. The van der Waals surface area contributed by atoms with Gasteiger partial charge in [0, 0.05) is 6.07 Å². The van der Waals surface area contributed by atoms with E-state index < -0.39 is 17.7 Å². The van der Waals surface area contributed by atoms with Crippen molar-refractivity contribution in [2.75, 3.05) is 32.8 Å². The molecule has 2 rings (SSSR count). The number of nitrogens with zero attached hydrogens (tertiary/aromatic N) is 2. The highest BCUT2D eigenvalue weighted by molar-refractivity contribution is 6.34. The van der Waals surface area contributed by atoms with Gasteiger partial charge in [0.25, 0.3) is 5.91 Å². The summed E-state index contributed by atoms with van der Waals surface area (Å²) >= 11 is 12.5. The van der Waals surface area contributed by atoms with Crippen LogP contribution in [0.15, 0.2) is 34.5 Å². The molecule has 9 nitrogen and oxygen atoms in total. The molecule has 2 aromatic rings. The molecular weight excluding hydrogens is 473 g/mol. The van der Waals surface area contributed by atoms with E-state index >= 15 is 0 Å². The average molecular weight is 498 g/mol. The van der Waals surface area contributed by atoms with Crippen LogP contribution in [-0.4, -0.2) is 45.2 Å². The summed E-state index contributed by atoms with van der Waals surface area (Å²) in [5.74, 6) is 0.0719. The molecule has 0 saturated heterocycles. The van der Waals surface area contributed by atoms with Gasteiger partial charge in [-0.15, -0.1) is 0 Å². The van der Waals surface area contributed by atoms with E-state index in [1.165, 1.54) is 33.3 Å². The largest absolute Gasteiger partial charge is 0.495 e. The molecule has 0 bridgehead atoms. The van der Waals surface area contributed by atoms with Crippen molar-refractivity contribution in [1.29, 1.82) is 0 Å². The summed E-state index contributed by atoms with van der Waals surface area (Å²) in [6.45, 7) is 5.56. The summed E-state index contributed by atoms with van der Waals surface area (Å²) in [7, 11) is 2.88. The standard InChI is InChI=1S/C22H25Cl2N3O6/c1-6-32-16-9-8-14(21(19(16)24)33-7-2)26-27-20(12(3)28)22(29)25-15-10-13(23)17(30-4)11-18(15)31-5/h8-11,20H,6-7H2,1-5H3,(H,25,29). The van der Waals surface area contributed by atoms with Crippen LogP contribution in [0.25, 0.3) is 0 Å². The number of Topliss-reactive ketones (excluding diaryl/α,β-unsaturated/α-hetero) is 1. The van der Waals surface area contributed by atoms with E-state index in [4.69, 9.17) is 42.1 Å². The van der Waals surface area contributed by atoms with Crippen molar-refractivity contribution in [3.05, 3.63) is 34.3 Å². The first-order chi connectivity index (χ1) is 15.8. The van der Waals surface area contributed by atoms with Crippen LogP contribution < -0.4 is 24.3 Å². The Balaban J connectivity index is 2.35. The number of benzene rings is 2. The van der Waals surface area contributed by atoms with Gasteiger partial charge in [0.15, 0.2) is 11.5 Å². The number of carbonyl (C=O) groups is 2. The van der Waals surface area contributed by atoms with Crippen LogP contribution in [0.2, 0.25) is 10.0 Å². The Morgan fingerprint density at radius 1 is 1.00 bits per heavy atom. The number of nitrogens with one attached hydrogen (secondary N) is 1. The maximum atomic E-state index is 12.8. The lowest BCUT2D eigenvalue weighted by Crippen LogP contribution is -2.32. The first kappa shape index (κ1) is 26.2. The second kappa shape index (κ2) is 12.3. The maximum Gasteiger partial charge on any atom is 0.258 e. The molecule has 1 unspecified atom stereocenters. The molecule has 1 N–H and O–H groups in total. The zero-order valence-corrected chi connectivity index (χ0v) is 20.4. The van der Waals surface area contributed by atoms with Gasteiger partial charge in [0.05, 0.1) is 38.1 Å². The SMILES string of the molecule is CCOc1ccc(N=NC(C(C)=O)C(=O)Nc2cc(Cl)c(OC)cc2OC)c(OCC)c1Cl. The third-order valence-corrected chi connectivity index (χ3v) is 4.93. The van der Waals surface area contributed by atoms with Crippen LogP contribution in [0.3, 0.4) is 0 Å². The smallest absolute Gasteiger partial charge is 0.258 e. The zero-order chi connectivity index (χ0) is 24.5. The highest BCUT2D eigenvalue weighted by Gasteiger charge is 2.25. The highest BCUT2D eigenvalue weighted by Crippen LogP contribution is 2.42.